The summed E-state index contributed by atoms with van der Waals surface area (Å²) in [6.07, 6.45) is -5.96. The molecule has 0 unspecified atom stereocenters. The molecule has 0 radical (unpaired) electrons. The van der Waals surface area contributed by atoms with Crippen LogP contribution in [0.4, 0.5) is 0 Å². The van der Waals surface area contributed by atoms with Gasteiger partial charge in [0.25, 0.3) is 0 Å². The first-order valence-corrected chi connectivity index (χ1v) is 9.45. The van der Waals surface area contributed by atoms with Gasteiger partial charge in [-0.1, -0.05) is 0 Å². The summed E-state index contributed by atoms with van der Waals surface area (Å²) >= 11 is 0. The fraction of sp³-hybridized carbons (Fsp3) is 0.286. The van der Waals surface area contributed by atoms with Crippen LogP contribution in [0.15, 0.2) is 39.5 Å². The fourth-order valence-corrected chi connectivity index (χ4v) is 4.09. The second kappa shape index (κ2) is 6.86. The van der Waals surface area contributed by atoms with E-state index in [0.29, 0.717) is 5.56 Å². The van der Waals surface area contributed by atoms with Crippen molar-refractivity contribution in [3.05, 3.63) is 46.1 Å². The van der Waals surface area contributed by atoms with Gasteiger partial charge in [0.15, 0.2) is 23.0 Å². The molecule has 31 heavy (non-hydrogen) atoms. The number of ether oxygens (including phenoxy) is 2. The van der Waals surface area contributed by atoms with E-state index < -0.39 is 54.1 Å². The van der Waals surface area contributed by atoms with Crippen LogP contribution in [0, 0.1) is 0 Å². The van der Waals surface area contributed by atoms with Crippen molar-refractivity contribution in [1.29, 1.82) is 0 Å². The smallest absolute Gasteiger partial charge is 0.197 e. The standard InChI is InChI=1S/C21H18O10/c22-6-14-17(26)19(28)21-20(31-14)16-13(30-21)5-12-15(18(16)27)10(25)4-11(29-12)7-1-2-8(23)9(24)3-7/h1-5,14,17,19-24,26-28H,6H2/t14-,17-,19+,20+,21+/m1/s1. The molecule has 6 N–H and O–H groups in total. The lowest BCUT2D eigenvalue weighted by molar-refractivity contribution is -0.215. The van der Waals surface area contributed by atoms with Crippen LogP contribution >= 0.6 is 0 Å². The highest BCUT2D eigenvalue weighted by Gasteiger charge is 2.52. The van der Waals surface area contributed by atoms with E-state index >= 15 is 0 Å². The van der Waals surface area contributed by atoms with Gasteiger partial charge in [0.05, 0.1) is 12.2 Å². The summed E-state index contributed by atoms with van der Waals surface area (Å²) in [6, 6.07) is 6.40. The lowest BCUT2D eigenvalue weighted by Gasteiger charge is -2.38. The number of benzene rings is 2. The zero-order valence-corrected chi connectivity index (χ0v) is 15.8. The van der Waals surface area contributed by atoms with Gasteiger partial charge < -0.3 is 44.5 Å². The summed E-state index contributed by atoms with van der Waals surface area (Å²) in [5.41, 5.74) is -0.165. The molecule has 1 aromatic heterocycles. The molecule has 5 atom stereocenters. The number of fused-ring (bicyclic) bond motifs is 4. The molecule has 162 valence electrons. The normalized spacial score (nSPS) is 27.0. The molecule has 0 bridgehead atoms. The topological polar surface area (TPSA) is 170 Å². The van der Waals surface area contributed by atoms with Crippen LogP contribution in [-0.4, -0.2) is 61.7 Å². The zero-order chi connectivity index (χ0) is 22.0. The second-order valence-electron chi connectivity index (χ2n) is 7.53. The first kappa shape index (κ1) is 19.6. The van der Waals surface area contributed by atoms with Crippen molar-refractivity contribution < 1.29 is 44.5 Å². The number of aliphatic hydroxyl groups is 3. The van der Waals surface area contributed by atoms with Crippen molar-refractivity contribution in [3.63, 3.8) is 0 Å². The first-order chi connectivity index (χ1) is 14.8. The Labute approximate surface area is 173 Å². The van der Waals surface area contributed by atoms with Crippen LogP contribution in [0.5, 0.6) is 23.0 Å². The average molecular weight is 430 g/mol. The number of phenolic OH excluding ortho intramolecular Hbond substituents is 3. The quantitative estimate of drug-likeness (QED) is 0.315. The van der Waals surface area contributed by atoms with Crippen LogP contribution in [0.25, 0.3) is 22.3 Å². The van der Waals surface area contributed by atoms with Crippen molar-refractivity contribution in [2.75, 3.05) is 6.61 Å². The monoisotopic (exact) mass is 430 g/mol. The van der Waals surface area contributed by atoms with Crippen LogP contribution in [0.2, 0.25) is 0 Å². The molecule has 0 saturated carbocycles. The van der Waals surface area contributed by atoms with Crippen molar-refractivity contribution in [2.45, 2.75) is 30.5 Å². The van der Waals surface area contributed by atoms with E-state index in [1.807, 2.05) is 0 Å². The second-order valence-corrected chi connectivity index (χ2v) is 7.53. The van der Waals surface area contributed by atoms with Gasteiger partial charge in [-0.15, -0.1) is 0 Å². The lowest BCUT2D eigenvalue weighted by Crippen LogP contribution is -2.55. The average Bonchev–Trinajstić information content (AvgIpc) is 3.11. The Bertz CT molecular complexity index is 1250. The summed E-state index contributed by atoms with van der Waals surface area (Å²) in [5, 5.41) is 59.8. The van der Waals surface area contributed by atoms with E-state index in [-0.39, 0.29) is 33.8 Å². The van der Waals surface area contributed by atoms with Crippen molar-refractivity contribution in [2.24, 2.45) is 0 Å². The predicted octanol–water partition coefficient (Wildman–Crippen LogP) is 0.492. The summed E-state index contributed by atoms with van der Waals surface area (Å²) in [4.78, 5) is 12.8. The first-order valence-electron chi connectivity index (χ1n) is 9.45. The molecular formula is C21H18O10. The van der Waals surface area contributed by atoms with Gasteiger partial charge in [0, 0.05) is 17.7 Å². The van der Waals surface area contributed by atoms with Gasteiger partial charge in [-0.3, -0.25) is 4.79 Å². The molecule has 0 aliphatic carbocycles. The van der Waals surface area contributed by atoms with Gasteiger partial charge in [0.1, 0.15) is 52.6 Å². The number of aliphatic hydroxyl groups excluding tert-OH is 3. The van der Waals surface area contributed by atoms with E-state index in [1.54, 1.807) is 0 Å². The van der Waals surface area contributed by atoms with Crippen LogP contribution < -0.4 is 10.2 Å². The molecule has 2 aliphatic rings. The number of hydrogen-bond acceptors (Lipinski definition) is 10. The summed E-state index contributed by atoms with van der Waals surface area (Å²) < 4.78 is 17.1. The summed E-state index contributed by atoms with van der Waals surface area (Å²) in [7, 11) is 0. The molecule has 10 heteroatoms. The highest BCUT2D eigenvalue weighted by molar-refractivity contribution is 5.88. The molecule has 2 aromatic carbocycles. The number of phenols is 3. The Morgan fingerprint density at radius 1 is 0.968 bits per heavy atom. The molecular weight excluding hydrogens is 412 g/mol. The van der Waals surface area contributed by atoms with Crippen molar-refractivity contribution in [1.82, 2.24) is 0 Å². The fourth-order valence-electron chi connectivity index (χ4n) is 4.09. The molecule has 0 amide bonds. The van der Waals surface area contributed by atoms with Crippen molar-refractivity contribution in [3.8, 4) is 34.3 Å². The third-order valence-electron chi connectivity index (χ3n) is 5.67. The number of rotatable bonds is 2. The van der Waals surface area contributed by atoms with E-state index in [2.05, 4.69) is 0 Å². The van der Waals surface area contributed by atoms with E-state index in [1.165, 1.54) is 24.3 Å². The third kappa shape index (κ3) is 2.84. The number of aromatic hydroxyl groups is 3. The van der Waals surface area contributed by atoms with E-state index in [0.717, 1.165) is 6.07 Å². The Hall–Kier alpha value is -3.31. The minimum absolute atomic E-state index is 0.0151. The van der Waals surface area contributed by atoms with Gasteiger partial charge in [-0.25, -0.2) is 0 Å². The largest absolute Gasteiger partial charge is 0.506 e. The molecule has 5 rings (SSSR count). The maximum Gasteiger partial charge on any atom is 0.197 e. The Morgan fingerprint density at radius 3 is 2.45 bits per heavy atom. The molecule has 3 heterocycles. The highest BCUT2D eigenvalue weighted by Crippen LogP contribution is 2.50. The van der Waals surface area contributed by atoms with Crippen LogP contribution in [0.3, 0.4) is 0 Å². The van der Waals surface area contributed by atoms with E-state index in [4.69, 9.17) is 13.9 Å². The third-order valence-corrected chi connectivity index (χ3v) is 5.67. The van der Waals surface area contributed by atoms with Gasteiger partial charge in [0.2, 0.25) is 0 Å². The van der Waals surface area contributed by atoms with Crippen LogP contribution in [-0.2, 0) is 4.74 Å². The minimum atomic E-state index is -1.40. The molecule has 0 spiro atoms. The van der Waals surface area contributed by atoms with Crippen molar-refractivity contribution >= 4 is 11.0 Å². The van der Waals surface area contributed by atoms with Gasteiger partial charge in [-0.05, 0) is 18.2 Å². The minimum Gasteiger partial charge on any atom is -0.506 e. The predicted molar refractivity (Wildman–Crippen MR) is 104 cm³/mol. The lowest BCUT2D eigenvalue weighted by atomic mass is 9.92. The molecule has 1 saturated heterocycles. The molecule has 3 aromatic rings. The highest BCUT2D eigenvalue weighted by atomic mass is 16.6. The van der Waals surface area contributed by atoms with Gasteiger partial charge >= 0.3 is 0 Å². The van der Waals surface area contributed by atoms with Gasteiger partial charge in [-0.2, -0.15) is 0 Å². The molecule has 2 aliphatic heterocycles. The van der Waals surface area contributed by atoms with E-state index in [9.17, 15) is 35.4 Å². The maximum absolute atomic E-state index is 12.8. The molecule has 10 nitrogen and oxygen atoms in total. The SMILES string of the molecule is O=c1cc(-c2ccc(O)c(O)c2)oc2cc3c(c(O)c12)[C@@H]1O[C@H](CO)[C@@H](O)[C@H](O)[C@@H]1O3. The number of hydrogen-bond donors (Lipinski definition) is 6. The zero-order valence-electron chi connectivity index (χ0n) is 15.8. The Kier molecular flexibility index (Phi) is 4.34. The summed E-state index contributed by atoms with van der Waals surface area (Å²) in [6.45, 7) is -0.559. The summed E-state index contributed by atoms with van der Waals surface area (Å²) in [5.74, 6) is -1.00. The Morgan fingerprint density at radius 2 is 1.74 bits per heavy atom. The molecule has 1 fully saturated rings. The Balaban J connectivity index is 1.66. The van der Waals surface area contributed by atoms with Crippen LogP contribution in [0.1, 0.15) is 11.7 Å². The maximum atomic E-state index is 12.8.